The molecule has 3 aliphatic rings. The van der Waals surface area contributed by atoms with Crippen LogP contribution in [0.25, 0.3) is 0 Å². The summed E-state index contributed by atoms with van der Waals surface area (Å²) in [4.78, 5) is 23.6. The van der Waals surface area contributed by atoms with Gasteiger partial charge in [-0.05, 0) is 74.7 Å². The fourth-order valence-electron chi connectivity index (χ4n) is 6.86. The Morgan fingerprint density at radius 3 is 2.44 bits per heavy atom. The molecule has 3 saturated carbocycles. The van der Waals surface area contributed by atoms with Crippen LogP contribution in [-0.2, 0) is 9.59 Å². The van der Waals surface area contributed by atoms with E-state index in [1.165, 1.54) is 0 Å². The molecule has 0 unspecified atom stereocenters. The van der Waals surface area contributed by atoms with Crippen molar-refractivity contribution in [2.75, 3.05) is 0 Å². The SMILES string of the molecule is C=C1[C@@H]2CC[C@H]3[C@](C)(CC(=O)O)[C@@H](C(C)(C)C(=O)O)CC[C@]3(C2)[C@H]1O. The number of carboxylic acids is 2. The third-order valence-corrected chi connectivity index (χ3v) is 7.99. The summed E-state index contributed by atoms with van der Waals surface area (Å²) in [7, 11) is 0. The van der Waals surface area contributed by atoms with E-state index in [0.29, 0.717) is 12.3 Å². The number of carboxylic acid groups (broad SMARTS) is 2. The average molecular weight is 350 g/mol. The Bertz CT molecular complexity index is 624. The summed E-state index contributed by atoms with van der Waals surface area (Å²) in [5.74, 6) is -1.67. The first-order valence-corrected chi connectivity index (χ1v) is 9.29. The molecule has 5 heteroatoms. The third-order valence-electron chi connectivity index (χ3n) is 7.99. The van der Waals surface area contributed by atoms with Gasteiger partial charge in [-0.3, -0.25) is 9.59 Å². The molecule has 6 atom stereocenters. The van der Waals surface area contributed by atoms with Gasteiger partial charge in [0, 0.05) is 5.41 Å². The van der Waals surface area contributed by atoms with Crippen LogP contribution in [-0.4, -0.2) is 33.4 Å². The van der Waals surface area contributed by atoms with Gasteiger partial charge in [-0.15, -0.1) is 0 Å². The van der Waals surface area contributed by atoms with Gasteiger partial charge in [-0.2, -0.15) is 0 Å². The zero-order valence-electron chi connectivity index (χ0n) is 15.4. The maximum atomic E-state index is 11.9. The Morgan fingerprint density at radius 1 is 1.24 bits per heavy atom. The predicted octanol–water partition coefficient (Wildman–Crippen LogP) is 3.32. The fraction of sp³-hybridized carbons (Fsp3) is 0.800. The van der Waals surface area contributed by atoms with Crippen molar-refractivity contribution < 1.29 is 24.9 Å². The molecule has 3 aliphatic carbocycles. The Balaban J connectivity index is 2.09. The molecule has 3 rings (SSSR count). The number of hydrogen-bond acceptors (Lipinski definition) is 3. The van der Waals surface area contributed by atoms with Crippen molar-refractivity contribution in [3.63, 3.8) is 0 Å². The van der Waals surface area contributed by atoms with Gasteiger partial charge in [0.1, 0.15) is 0 Å². The molecule has 3 N–H and O–H groups in total. The number of aliphatic carboxylic acids is 2. The highest BCUT2D eigenvalue weighted by Crippen LogP contribution is 2.70. The van der Waals surface area contributed by atoms with E-state index in [0.717, 1.165) is 31.3 Å². The molecule has 0 radical (unpaired) electrons. The largest absolute Gasteiger partial charge is 0.481 e. The average Bonchev–Trinajstić information content (AvgIpc) is 2.67. The molecule has 0 aromatic carbocycles. The molecule has 0 aromatic heterocycles. The third kappa shape index (κ3) is 2.38. The molecule has 0 saturated heterocycles. The van der Waals surface area contributed by atoms with Crippen LogP contribution in [0.15, 0.2) is 12.2 Å². The van der Waals surface area contributed by atoms with E-state index in [1.54, 1.807) is 13.8 Å². The van der Waals surface area contributed by atoms with E-state index in [2.05, 4.69) is 6.58 Å². The van der Waals surface area contributed by atoms with Crippen LogP contribution in [0.2, 0.25) is 0 Å². The van der Waals surface area contributed by atoms with E-state index >= 15 is 0 Å². The first kappa shape index (κ1) is 18.4. The fourth-order valence-corrected chi connectivity index (χ4v) is 6.86. The number of rotatable bonds is 4. The molecule has 0 aromatic rings. The molecular weight excluding hydrogens is 320 g/mol. The summed E-state index contributed by atoms with van der Waals surface area (Å²) in [6, 6.07) is 0. The van der Waals surface area contributed by atoms with Gasteiger partial charge in [-0.25, -0.2) is 0 Å². The van der Waals surface area contributed by atoms with Gasteiger partial charge < -0.3 is 15.3 Å². The zero-order chi connectivity index (χ0) is 18.8. The van der Waals surface area contributed by atoms with Crippen molar-refractivity contribution >= 4 is 11.9 Å². The summed E-state index contributed by atoms with van der Waals surface area (Å²) in [6.45, 7) is 9.49. The molecule has 2 bridgehead atoms. The van der Waals surface area contributed by atoms with Crippen LogP contribution in [0.3, 0.4) is 0 Å². The minimum Gasteiger partial charge on any atom is -0.481 e. The maximum Gasteiger partial charge on any atom is 0.309 e. The minimum atomic E-state index is -0.997. The minimum absolute atomic E-state index is 0.0129. The first-order valence-electron chi connectivity index (χ1n) is 9.29. The molecule has 0 amide bonds. The van der Waals surface area contributed by atoms with Crippen molar-refractivity contribution in [1.82, 2.24) is 0 Å². The Morgan fingerprint density at radius 2 is 1.88 bits per heavy atom. The Labute approximate surface area is 149 Å². The highest BCUT2D eigenvalue weighted by Gasteiger charge is 2.66. The lowest BCUT2D eigenvalue weighted by Crippen LogP contribution is -2.58. The van der Waals surface area contributed by atoms with E-state index < -0.39 is 28.9 Å². The molecule has 1 spiro atoms. The lowest BCUT2D eigenvalue weighted by atomic mass is 9.43. The predicted molar refractivity (Wildman–Crippen MR) is 92.9 cm³/mol. The maximum absolute atomic E-state index is 11.9. The second kappa shape index (κ2) is 5.57. The van der Waals surface area contributed by atoms with Crippen LogP contribution < -0.4 is 0 Å². The smallest absolute Gasteiger partial charge is 0.309 e. The van der Waals surface area contributed by atoms with Crippen LogP contribution >= 0.6 is 0 Å². The molecular formula is C20H30O5. The van der Waals surface area contributed by atoms with Gasteiger partial charge in [0.15, 0.2) is 0 Å². The standard InChI is InChI=1S/C20H30O5/c1-11-12-5-6-14-19(4,10-15(21)22)13(18(2,3)17(24)25)7-8-20(14,9-12)16(11)23/h12-14,16,23H,1,5-10H2,2-4H3,(H,21,22)(H,24,25)/t12-,13-,14+,16+,19-,20-/m1/s1. The number of aliphatic hydroxyl groups is 1. The second-order valence-electron chi connectivity index (χ2n) is 9.44. The molecule has 140 valence electrons. The van der Waals surface area contributed by atoms with Crippen LogP contribution in [0, 0.1) is 34.0 Å². The van der Waals surface area contributed by atoms with Gasteiger partial charge in [0.2, 0.25) is 0 Å². The monoisotopic (exact) mass is 350 g/mol. The summed E-state index contributed by atoms with van der Waals surface area (Å²) in [5, 5.41) is 30.3. The van der Waals surface area contributed by atoms with Crippen molar-refractivity contribution in [1.29, 1.82) is 0 Å². The van der Waals surface area contributed by atoms with Crippen molar-refractivity contribution in [3.8, 4) is 0 Å². The zero-order valence-corrected chi connectivity index (χ0v) is 15.4. The second-order valence-corrected chi connectivity index (χ2v) is 9.44. The topological polar surface area (TPSA) is 94.8 Å². The highest BCUT2D eigenvalue weighted by atomic mass is 16.4. The van der Waals surface area contributed by atoms with Crippen LogP contribution in [0.4, 0.5) is 0 Å². The lowest BCUT2D eigenvalue weighted by Gasteiger charge is -2.60. The summed E-state index contributed by atoms with van der Waals surface area (Å²) in [6.07, 6.45) is 3.38. The van der Waals surface area contributed by atoms with Crippen molar-refractivity contribution in [2.24, 2.45) is 34.0 Å². The summed E-state index contributed by atoms with van der Waals surface area (Å²) >= 11 is 0. The number of aliphatic hydroxyl groups excluding tert-OH is 1. The van der Waals surface area contributed by atoms with Crippen LogP contribution in [0.1, 0.15) is 59.3 Å². The van der Waals surface area contributed by atoms with E-state index in [-0.39, 0.29) is 23.7 Å². The normalized spacial score (nSPS) is 43.6. The molecule has 25 heavy (non-hydrogen) atoms. The molecule has 0 heterocycles. The lowest BCUT2D eigenvalue weighted by molar-refractivity contribution is -0.181. The Hall–Kier alpha value is -1.36. The summed E-state index contributed by atoms with van der Waals surface area (Å²) in [5.41, 5.74) is -1.07. The van der Waals surface area contributed by atoms with Gasteiger partial charge in [-0.1, -0.05) is 13.5 Å². The van der Waals surface area contributed by atoms with Gasteiger partial charge >= 0.3 is 11.9 Å². The van der Waals surface area contributed by atoms with Crippen LogP contribution in [0.5, 0.6) is 0 Å². The summed E-state index contributed by atoms with van der Waals surface area (Å²) < 4.78 is 0. The van der Waals surface area contributed by atoms with Gasteiger partial charge in [0.25, 0.3) is 0 Å². The van der Waals surface area contributed by atoms with E-state index in [9.17, 15) is 24.9 Å². The highest BCUT2D eigenvalue weighted by molar-refractivity contribution is 5.75. The quantitative estimate of drug-likeness (QED) is 0.676. The number of carbonyl (C=O) groups is 2. The first-order chi connectivity index (χ1) is 11.5. The molecule has 3 fully saturated rings. The molecule has 5 nitrogen and oxygen atoms in total. The van der Waals surface area contributed by atoms with Gasteiger partial charge in [0.05, 0.1) is 17.9 Å². The molecule has 0 aliphatic heterocycles. The number of fused-ring (bicyclic) bond motifs is 1. The van der Waals surface area contributed by atoms with E-state index in [4.69, 9.17) is 0 Å². The Kier molecular flexibility index (Phi) is 4.10. The van der Waals surface area contributed by atoms with Crippen molar-refractivity contribution in [3.05, 3.63) is 12.2 Å². The van der Waals surface area contributed by atoms with Crippen molar-refractivity contribution in [2.45, 2.75) is 65.4 Å². The number of hydrogen-bond donors (Lipinski definition) is 3. The van der Waals surface area contributed by atoms with E-state index in [1.807, 2.05) is 6.92 Å².